The monoisotopic (exact) mass is 230 g/mol. The Labute approximate surface area is 99.7 Å². The predicted molar refractivity (Wildman–Crippen MR) is 64.7 cm³/mol. The number of carbonyl (C=O) groups is 2. The normalized spacial score (nSPS) is 14.1. The number of aryl methyl sites for hydroxylation is 1. The lowest BCUT2D eigenvalue weighted by atomic mass is 10.0. The molecule has 0 aliphatic carbocycles. The fourth-order valence-electron chi connectivity index (χ4n) is 1.87. The topological polar surface area (TPSA) is 63.4 Å². The second-order valence-corrected chi connectivity index (χ2v) is 4.08. The fraction of sp³-hybridized carbons (Fsp3) is 0.231. The summed E-state index contributed by atoms with van der Waals surface area (Å²) >= 11 is 0. The first-order valence-corrected chi connectivity index (χ1v) is 5.44. The molecule has 0 aromatic heterocycles. The van der Waals surface area contributed by atoms with Gasteiger partial charge in [0.15, 0.2) is 0 Å². The second-order valence-electron chi connectivity index (χ2n) is 4.08. The van der Waals surface area contributed by atoms with E-state index in [2.05, 4.69) is 0 Å². The van der Waals surface area contributed by atoms with Gasteiger partial charge in [0.2, 0.25) is 5.91 Å². The van der Waals surface area contributed by atoms with Gasteiger partial charge in [-0.3, -0.25) is 9.59 Å². The van der Waals surface area contributed by atoms with E-state index in [1.165, 1.54) is 0 Å². The maximum atomic E-state index is 12.1. The summed E-state index contributed by atoms with van der Waals surface area (Å²) in [5.41, 5.74) is 7.02. The number of hydrogen-bond acceptors (Lipinski definition) is 2. The van der Waals surface area contributed by atoms with E-state index >= 15 is 0 Å². The fourth-order valence-corrected chi connectivity index (χ4v) is 1.87. The molecular formula is C13H14N2O2. The molecule has 2 rings (SSSR count). The quantitative estimate of drug-likeness (QED) is 0.773. The average Bonchev–Trinajstić information content (AvgIpc) is 2.81. The smallest absolute Gasteiger partial charge is 0.254 e. The molecule has 0 bridgehead atoms. The molecule has 1 aromatic rings. The van der Waals surface area contributed by atoms with Crippen LogP contribution in [0.15, 0.2) is 30.4 Å². The zero-order valence-corrected chi connectivity index (χ0v) is 9.64. The summed E-state index contributed by atoms with van der Waals surface area (Å²) in [6.07, 6.45) is 3.93. The lowest BCUT2D eigenvalue weighted by molar-refractivity contribution is 0.0798. The van der Waals surface area contributed by atoms with Crippen LogP contribution in [0.4, 0.5) is 0 Å². The Morgan fingerprint density at radius 1 is 1.24 bits per heavy atom. The zero-order chi connectivity index (χ0) is 12.4. The minimum absolute atomic E-state index is 0.0106. The van der Waals surface area contributed by atoms with Gasteiger partial charge in [0.05, 0.1) is 0 Å². The van der Waals surface area contributed by atoms with E-state index in [1.54, 1.807) is 23.1 Å². The van der Waals surface area contributed by atoms with E-state index < -0.39 is 5.91 Å². The van der Waals surface area contributed by atoms with Gasteiger partial charge in [-0.2, -0.15) is 0 Å². The summed E-state index contributed by atoms with van der Waals surface area (Å²) < 4.78 is 0. The number of rotatable bonds is 2. The molecule has 4 nitrogen and oxygen atoms in total. The first-order chi connectivity index (χ1) is 8.09. The number of carbonyl (C=O) groups excluding carboxylic acids is 2. The molecule has 2 N–H and O–H groups in total. The van der Waals surface area contributed by atoms with Crippen LogP contribution in [-0.4, -0.2) is 29.8 Å². The van der Waals surface area contributed by atoms with Gasteiger partial charge in [-0.05, 0) is 30.7 Å². The summed E-state index contributed by atoms with van der Waals surface area (Å²) in [6.45, 7) is 3.11. The van der Waals surface area contributed by atoms with Crippen LogP contribution in [0.2, 0.25) is 0 Å². The molecule has 1 aliphatic rings. The Morgan fingerprint density at radius 3 is 2.41 bits per heavy atom. The van der Waals surface area contributed by atoms with Crippen molar-refractivity contribution < 1.29 is 9.59 Å². The highest BCUT2D eigenvalue weighted by Gasteiger charge is 2.18. The molecule has 0 spiro atoms. The molecule has 88 valence electrons. The summed E-state index contributed by atoms with van der Waals surface area (Å²) in [4.78, 5) is 24.9. The standard InChI is InChI=1S/C13H14N2O2/c1-9-8-10(12(14)16)4-5-11(9)13(17)15-6-2-3-7-15/h2-5,8H,6-7H2,1H3,(H2,14,16). The van der Waals surface area contributed by atoms with Crippen molar-refractivity contribution in [1.29, 1.82) is 0 Å². The van der Waals surface area contributed by atoms with Gasteiger partial charge in [-0.25, -0.2) is 0 Å². The highest BCUT2D eigenvalue weighted by Crippen LogP contribution is 2.15. The van der Waals surface area contributed by atoms with Crippen LogP contribution >= 0.6 is 0 Å². The second kappa shape index (κ2) is 4.41. The molecule has 0 saturated carbocycles. The maximum absolute atomic E-state index is 12.1. The molecule has 0 radical (unpaired) electrons. The third-order valence-electron chi connectivity index (χ3n) is 2.85. The molecule has 2 amide bonds. The molecule has 1 heterocycles. The lowest BCUT2D eigenvalue weighted by Crippen LogP contribution is -2.29. The van der Waals surface area contributed by atoms with Crippen LogP contribution < -0.4 is 5.73 Å². The van der Waals surface area contributed by atoms with Crippen molar-refractivity contribution in [3.63, 3.8) is 0 Å². The number of primary amides is 1. The third-order valence-corrected chi connectivity index (χ3v) is 2.85. The third kappa shape index (κ3) is 2.20. The Morgan fingerprint density at radius 2 is 1.88 bits per heavy atom. The van der Waals surface area contributed by atoms with Crippen LogP contribution in [0.3, 0.4) is 0 Å². The van der Waals surface area contributed by atoms with E-state index in [4.69, 9.17) is 5.73 Å². The van der Waals surface area contributed by atoms with Crippen molar-refractivity contribution in [3.8, 4) is 0 Å². The molecule has 0 unspecified atom stereocenters. The minimum atomic E-state index is -0.477. The first-order valence-electron chi connectivity index (χ1n) is 5.44. The van der Waals surface area contributed by atoms with Crippen molar-refractivity contribution >= 4 is 11.8 Å². The van der Waals surface area contributed by atoms with Gasteiger partial charge in [0.25, 0.3) is 5.91 Å². The number of nitrogens with zero attached hydrogens (tertiary/aromatic N) is 1. The van der Waals surface area contributed by atoms with Crippen LogP contribution in [-0.2, 0) is 0 Å². The Hall–Kier alpha value is -2.10. The number of benzene rings is 1. The highest BCUT2D eigenvalue weighted by atomic mass is 16.2. The summed E-state index contributed by atoms with van der Waals surface area (Å²) in [6, 6.07) is 4.90. The Bertz CT molecular complexity index is 498. The maximum Gasteiger partial charge on any atom is 0.254 e. The van der Waals surface area contributed by atoms with Crippen LogP contribution in [0.25, 0.3) is 0 Å². The van der Waals surface area contributed by atoms with Crippen molar-refractivity contribution in [2.24, 2.45) is 5.73 Å². The molecule has 17 heavy (non-hydrogen) atoms. The van der Waals surface area contributed by atoms with Gasteiger partial charge in [0.1, 0.15) is 0 Å². The minimum Gasteiger partial charge on any atom is -0.366 e. The van der Waals surface area contributed by atoms with E-state index in [9.17, 15) is 9.59 Å². The van der Waals surface area contributed by atoms with E-state index in [1.807, 2.05) is 19.1 Å². The molecule has 0 atom stereocenters. The van der Waals surface area contributed by atoms with Crippen LogP contribution in [0.1, 0.15) is 26.3 Å². The van der Waals surface area contributed by atoms with Gasteiger partial charge >= 0.3 is 0 Å². The first kappa shape index (κ1) is 11.4. The summed E-state index contributed by atoms with van der Waals surface area (Å²) in [5, 5.41) is 0. The van der Waals surface area contributed by atoms with Crippen molar-refractivity contribution in [3.05, 3.63) is 47.0 Å². The molecule has 0 saturated heterocycles. The molecule has 0 fully saturated rings. The van der Waals surface area contributed by atoms with E-state index in [0.29, 0.717) is 24.2 Å². The Kier molecular flexibility index (Phi) is 2.95. The van der Waals surface area contributed by atoms with Crippen LogP contribution in [0, 0.1) is 6.92 Å². The Balaban J connectivity index is 2.27. The summed E-state index contributed by atoms with van der Waals surface area (Å²) in [5.74, 6) is -0.488. The van der Waals surface area contributed by atoms with Crippen molar-refractivity contribution in [2.45, 2.75) is 6.92 Å². The predicted octanol–water partition coefficient (Wildman–Crippen LogP) is 1.11. The summed E-state index contributed by atoms with van der Waals surface area (Å²) in [7, 11) is 0. The zero-order valence-electron chi connectivity index (χ0n) is 9.64. The van der Waals surface area contributed by atoms with E-state index in [0.717, 1.165) is 5.56 Å². The molecular weight excluding hydrogens is 216 g/mol. The number of hydrogen-bond donors (Lipinski definition) is 1. The van der Waals surface area contributed by atoms with Crippen molar-refractivity contribution in [1.82, 2.24) is 4.90 Å². The van der Waals surface area contributed by atoms with Gasteiger partial charge < -0.3 is 10.6 Å². The van der Waals surface area contributed by atoms with Crippen LogP contribution in [0.5, 0.6) is 0 Å². The molecule has 4 heteroatoms. The highest BCUT2D eigenvalue weighted by molar-refractivity contribution is 5.98. The molecule has 1 aliphatic heterocycles. The van der Waals surface area contributed by atoms with Gasteiger partial charge in [-0.1, -0.05) is 12.2 Å². The number of amides is 2. The SMILES string of the molecule is Cc1cc(C(N)=O)ccc1C(=O)N1CC=CC1. The largest absolute Gasteiger partial charge is 0.366 e. The van der Waals surface area contributed by atoms with E-state index in [-0.39, 0.29) is 5.91 Å². The number of nitrogens with two attached hydrogens (primary N) is 1. The van der Waals surface area contributed by atoms with Gasteiger partial charge in [0, 0.05) is 24.2 Å². The molecule has 1 aromatic carbocycles. The van der Waals surface area contributed by atoms with Gasteiger partial charge in [-0.15, -0.1) is 0 Å². The lowest BCUT2D eigenvalue weighted by Gasteiger charge is -2.16. The average molecular weight is 230 g/mol. The van der Waals surface area contributed by atoms with Crippen molar-refractivity contribution in [2.75, 3.05) is 13.1 Å².